The Labute approximate surface area is 114 Å². The molecule has 3 nitrogen and oxygen atoms in total. The largest absolute Gasteiger partial charge is 0.370 e. The van der Waals surface area contributed by atoms with Crippen LogP contribution in [0.5, 0.6) is 0 Å². The Morgan fingerprint density at radius 2 is 2.11 bits per heavy atom. The van der Waals surface area contributed by atoms with Gasteiger partial charge in [-0.2, -0.15) is 0 Å². The van der Waals surface area contributed by atoms with E-state index in [9.17, 15) is 0 Å². The summed E-state index contributed by atoms with van der Waals surface area (Å²) < 4.78 is 6.43. The summed E-state index contributed by atoms with van der Waals surface area (Å²) in [5.74, 6) is 1.53. The number of ether oxygens (including phenoxy) is 1. The van der Waals surface area contributed by atoms with E-state index in [0.717, 1.165) is 25.1 Å². The highest BCUT2D eigenvalue weighted by molar-refractivity contribution is 7.71. The minimum atomic E-state index is -0.236. The summed E-state index contributed by atoms with van der Waals surface area (Å²) in [6, 6.07) is 1.97. The Bertz CT molecular complexity index is 461. The number of hydrogen-bond donors (Lipinski definition) is 1. The molecule has 0 aromatic carbocycles. The molecule has 1 saturated carbocycles. The van der Waals surface area contributed by atoms with E-state index >= 15 is 0 Å². The zero-order valence-electron chi connectivity index (χ0n) is 11.5. The molecule has 0 amide bonds. The second kappa shape index (κ2) is 5.49. The minimum Gasteiger partial charge on any atom is -0.370 e. The zero-order chi connectivity index (χ0) is 13.2. The molecule has 0 bridgehead atoms. The Morgan fingerprint density at radius 3 is 2.67 bits per heavy atom. The molecule has 1 aromatic heterocycles. The van der Waals surface area contributed by atoms with Gasteiger partial charge in [0.25, 0.3) is 0 Å². The number of nitrogens with zero attached hydrogens (tertiary/aromatic N) is 1. The number of methoxy groups -OCH3 is 1. The second-order valence-electron chi connectivity index (χ2n) is 5.60. The van der Waals surface area contributed by atoms with Crippen molar-refractivity contribution >= 4 is 12.2 Å². The molecule has 0 spiro atoms. The first-order valence-corrected chi connectivity index (χ1v) is 7.12. The normalized spacial score (nSPS) is 18.4. The van der Waals surface area contributed by atoms with Crippen molar-refractivity contribution in [1.82, 2.24) is 9.97 Å². The van der Waals surface area contributed by atoms with Crippen LogP contribution in [0.4, 0.5) is 0 Å². The van der Waals surface area contributed by atoms with Gasteiger partial charge >= 0.3 is 0 Å². The van der Waals surface area contributed by atoms with Crippen LogP contribution in [0.3, 0.4) is 0 Å². The maximum absolute atomic E-state index is 5.76. The maximum Gasteiger partial charge on any atom is 0.140 e. The van der Waals surface area contributed by atoms with Crippen molar-refractivity contribution in [2.45, 2.75) is 51.6 Å². The lowest BCUT2D eigenvalue weighted by molar-refractivity contribution is -0.0165. The molecule has 1 N–H and O–H groups in total. The molecule has 0 saturated heterocycles. The zero-order valence-corrected chi connectivity index (χ0v) is 12.3. The van der Waals surface area contributed by atoms with Gasteiger partial charge in [-0.15, -0.1) is 0 Å². The lowest BCUT2D eigenvalue weighted by atomic mass is 10.0. The van der Waals surface area contributed by atoms with Crippen molar-refractivity contribution in [3.63, 3.8) is 0 Å². The highest BCUT2D eigenvalue weighted by Crippen LogP contribution is 2.39. The summed E-state index contributed by atoms with van der Waals surface area (Å²) in [6.07, 6.45) is 5.47. The Hall–Kier alpha value is -0.740. The van der Waals surface area contributed by atoms with Crippen LogP contribution in [0.15, 0.2) is 6.07 Å². The summed E-state index contributed by atoms with van der Waals surface area (Å²) >= 11 is 5.29. The second-order valence-corrected chi connectivity index (χ2v) is 6.01. The number of H-pyrrole nitrogens is 1. The van der Waals surface area contributed by atoms with E-state index in [2.05, 4.69) is 23.8 Å². The van der Waals surface area contributed by atoms with Gasteiger partial charge in [-0.1, -0.05) is 26.1 Å². The Balaban J connectivity index is 2.38. The summed E-state index contributed by atoms with van der Waals surface area (Å²) in [6.45, 7) is 4.41. The third kappa shape index (κ3) is 2.81. The van der Waals surface area contributed by atoms with Gasteiger partial charge < -0.3 is 9.72 Å². The van der Waals surface area contributed by atoms with E-state index in [4.69, 9.17) is 17.0 Å². The lowest BCUT2D eigenvalue weighted by Gasteiger charge is -2.26. The quantitative estimate of drug-likeness (QED) is 0.843. The van der Waals surface area contributed by atoms with Crippen LogP contribution in [-0.4, -0.2) is 17.1 Å². The fourth-order valence-electron chi connectivity index (χ4n) is 2.76. The molecule has 0 aliphatic heterocycles. The predicted molar refractivity (Wildman–Crippen MR) is 75.1 cm³/mol. The van der Waals surface area contributed by atoms with E-state index in [1.54, 1.807) is 7.11 Å². The average molecular weight is 266 g/mol. The molecular formula is C14H22N2OS. The van der Waals surface area contributed by atoms with Crippen LogP contribution in [0.1, 0.15) is 51.0 Å². The van der Waals surface area contributed by atoms with Crippen LogP contribution in [0.2, 0.25) is 0 Å². The van der Waals surface area contributed by atoms with Crippen molar-refractivity contribution < 1.29 is 4.74 Å². The van der Waals surface area contributed by atoms with Crippen LogP contribution in [0.25, 0.3) is 0 Å². The summed E-state index contributed by atoms with van der Waals surface area (Å²) in [5, 5.41) is 0. The molecule has 0 atom stereocenters. The van der Waals surface area contributed by atoms with Crippen molar-refractivity contribution in [2.75, 3.05) is 7.11 Å². The topological polar surface area (TPSA) is 37.9 Å². The first-order valence-electron chi connectivity index (χ1n) is 6.71. The van der Waals surface area contributed by atoms with E-state index in [0.29, 0.717) is 10.6 Å². The molecule has 18 heavy (non-hydrogen) atoms. The van der Waals surface area contributed by atoms with Gasteiger partial charge in [0, 0.05) is 12.8 Å². The van der Waals surface area contributed by atoms with Gasteiger partial charge in [-0.05, 0) is 44.1 Å². The molecule has 1 fully saturated rings. The molecule has 100 valence electrons. The molecule has 2 rings (SSSR count). The molecule has 1 aliphatic rings. The number of nitrogens with one attached hydrogen (secondary N) is 1. The fraction of sp³-hybridized carbons (Fsp3) is 0.714. The minimum absolute atomic E-state index is 0.236. The number of aromatic nitrogens is 2. The molecule has 0 radical (unpaired) electrons. The van der Waals surface area contributed by atoms with Crippen molar-refractivity contribution in [1.29, 1.82) is 0 Å². The van der Waals surface area contributed by atoms with E-state index in [-0.39, 0.29) is 5.60 Å². The smallest absolute Gasteiger partial charge is 0.140 e. The monoisotopic (exact) mass is 266 g/mol. The summed E-state index contributed by atoms with van der Waals surface area (Å²) in [4.78, 5) is 7.95. The van der Waals surface area contributed by atoms with Gasteiger partial charge in [0.1, 0.15) is 16.1 Å². The Morgan fingerprint density at radius 1 is 1.44 bits per heavy atom. The Kier molecular flexibility index (Phi) is 4.17. The lowest BCUT2D eigenvalue weighted by Crippen LogP contribution is -2.28. The highest BCUT2D eigenvalue weighted by atomic mass is 32.1. The van der Waals surface area contributed by atoms with Gasteiger partial charge in [-0.25, -0.2) is 4.98 Å². The molecule has 4 heteroatoms. The molecular weight excluding hydrogens is 244 g/mol. The summed E-state index contributed by atoms with van der Waals surface area (Å²) in [5.41, 5.74) is 0.934. The average Bonchev–Trinajstić information content (AvgIpc) is 2.76. The van der Waals surface area contributed by atoms with Crippen LogP contribution in [0, 0.1) is 10.6 Å². The third-order valence-electron chi connectivity index (χ3n) is 3.66. The van der Waals surface area contributed by atoms with E-state index < -0.39 is 0 Å². The standard InChI is InChI=1S/C14H22N2OS/c1-10(2)8-11-9-12(18)16-13(15-11)14(17-3)6-4-5-7-14/h9-10H,4-8H2,1-3H3,(H,15,16,18). The van der Waals surface area contributed by atoms with E-state index in [1.807, 2.05) is 6.07 Å². The fourth-order valence-corrected chi connectivity index (χ4v) is 2.99. The molecule has 0 unspecified atom stereocenters. The molecule has 1 heterocycles. The SMILES string of the molecule is COC1(c2nc(=S)cc(CC(C)C)[nH]2)CCCC1. The van der Waals surface area contributed by atoms with Gasteiger partial charge in [0.05, 0.1) is 0 Å². The maximum atomic E-state index is 5.76. The van der Waals surface area contributed by atoms with Crippen molar-refractivity contribution in [2.24, 2.45) is 5.92 Å². The van der Waals surface area contributed by atoms with Gasteiger partial charge in [0.15, 0.2) is 0 Å². The van der Waals surface area contributed by atoms with Crippen molar-refractivity contribution in [3.8, 4) is 0 Å². The third-order valence-corrected chi connectivity index (χ3v) is 3.87. The van der Waals surface area contributed by atoms with Crippen molar-refractivity contribution in [3.05, 3.63) is 22.2 Å². The van der Waals surface area contributed by atoms with Crippen LogP contribution in [-0.2, 0) is 16.8 Å². The number of hydrogen-bond acceptors (Lipinski definition) is 3. The molecule has 1 aliphatic carbocycles. The first kappa shape index (κ1) is 13.7. The van der Waals surface area contributed by atoms with Crippen LogP contribution >= 0.6 is 12.2 Å². The predicted octanol–water partition coefficient (Wildman–Crippen LogP) is 3.75. The first-order chi connectivity index (χ1) is 8.55. The number of aromatic amines is 1. The number of rotatable bonds is 4. The molecule has 1 aromatic rings. The van der Waals surface area contributed by atoms with E-state index in [1.165, 1.54) is 18.5 Å². The van der Waals surface area contributed by atoms with Crippen LogP contribution < -0.4 is 0 Å². The summed E-state index contributed by atoms with van der Waals surface area (Å²) in [7, 11) is 1.78. The van der Waals surface area contributed by atoms with Gasteiger partial charge in [0.2, 0.25) is 0 Å². The highest BCUT2D eigenvalue weighted by Gasteiger charge is 2.38. The van der Waals surface area contributed by atoms with Gasteiger partial charge in [-0.3, -0.25) is 0 Å².